The van der Waals surface area contributed by atoms with Crippen molar-refractivity contribution in [2.45, 2.75) is 64.1 Å². The second-order valence-corrected chi connectivity index (χ2v) is 10.5. The fraction of sp³-hybridized carbons (Fsp3) is 0.619. The maximum Gasteiger partial charge on any atom is 0.254 e. The highest BCUT2D eigenvalue weighted by atomic mass is 32.2. The Bertz CT molecular complexity index is 809. The van der Waals surface area contributed by atoms with Gasteiger partial charge in [0.2, 0.25) is 5.91 Å². The molecule has 0 aliphatic heterocycles. The molecule has 6 nitrogen and oxygen atoms in total. The first-order valence-corrected chi connectivity index (χ1v) is 12.2. The van der Waals surface area contributed by atoms with Gasteiger partial charge in [-0.2, -0.15) is 0 Å². The first kappa shape index (κ1) is 20.8. The van der Waals surface area contributed by atoms with Crippen molar-refractivity contribution in [3.05, 3.63) is 35.4 Å². The zero-order chi connectivity index (χ0) is 20.3. The van der Waals surface area contributed by atoms with E-state index in [1.54, 1.807) is 24.0 Å². The smallest absolute Gasteiger partial charge is 0.254 e. The molecule has 0 bridgehead atoms. The number of hydrogen-bond acceptors (Lipinski definition) is 4. The molecule has 28 heavy (non-hydrogen) atoms. The van der Waals surface area contributed by atoms with Crippen LogP contribution in [-0.2, 0) is 21.2 Å². The number of nitrogens with zero attached hydrogens (tertiary/aromatic N) is 1. The van der Waals surface area contributed by atoms with Crippen molar-refractivity contribution in [1.82, 2.24) is 10.2 Å². The van der Waals surface area contributed by atoms with E-state index in [0.29, 0.717) is 12.1 Å². The van der Waals surface area contributed by atoms with Gasteiger partial charge < -0.3 is 10.2 Å². The largest absolute Gasteiger partial charge is 0.352 e. The lowest BCUT2D eigenvalue weighted by molar-refractivity contribution is -0.124. The minimum atomic E-state index is -3.15. The molecule has 2 fully saturated rings. The van der Waals surface area contributed by atoms with Gasteiger partial charge in [-0.25, -0.2) is 8.42 Å². The molecule has 2 amide bonds. The number of carbonyl (C=O) groups excluding carboxylic acids is 2. The number of hydrogen-bond donors (Lipinski definition) is 1. The van der Waals surface area contributed by atoms with Crippen LogP contribution in [0, 0.1) is 5.92 Å². The highest BCUT2D eigenvalue weighted by Gasteiger charge is 2.37. The standard InChI is InChI=1S/C21H30N2O4S/c1-15(14-28(2,26)27)23(19-11-12-19)21(25)18-9-7-16(8-10-18)13-22-20(24)17-5-3-4-6-17/h7-10,15,17,19H,3-6,11-14H2,1-2H3,(H,22,24). The van der Waals surface area contributed by atoms with E-state index in [-0.39, 0.29) is 35.6 Å². The monoisotopic (exact) mass is 406 g/mol. The number of nitrogens with one attached hydrogen (secondary N) is 1. The normalized spacial score (nSPS) is 18.6. The van der Waals surface area contributed by atoms with E-state index in [2.05, 4.69) is 5.32 Å². The molecule has 2 aliphatic carbocycles. The molecule has 1 unspecified atom stereocenters. The van der Waals surface area contributed by atoms with Gasteiger partial charge in [-0.3, -0.25) is 9.59 Å². The van der Waals surface area contributed by atoms with E-state index in [0.717, 1.165) is 44.1 Å². The van der Waals surface area contributed by atoms with Crippen LogP contribution in [0.4, 0.5) is 0 Å². The van der Waals surface area contributed by atoms with Crippen LogP contribution in [0.1, 0.15) is 61.4 Å². The number of benzene rings is 1. The summed E-state index contributed by atoms with van der Waals surface area (Å²) >= 11 is 0. The van der Waals surface area contributed by atoms with Crippen molar-refractivity contribution in [1.29, 1.82) is 0 Å². The highest BCUT2D eigenvalue weighted by molar-refractivity contribution is 7.90. The Kier molecular flexibility index (Phi) is 6.43. The first-order valence-electron chi connectivity index (χ1n) is 10.1. The molecule has 1 aromatic rings. The van der Waals surface area contributed by atoms with E-state index in [4.69, 9.17) is 0 Å². The lowest BCUT2D eigenvalue weighted by Gasteiger charge is -2.29. The molecule has 3 rings (SSSR count). The lowest BCUT2D eigenvalue weighted by Crippen LogP contribution is -2.43. The molecule has 1 atom stereocenters. The van der Waals surface area contributed by atoms with Gasteiger partial charge in [-0.15, -0.1) is 0 Å². The fourth-order valence-corrected chi connectivity index (χ4v) is 5.07. The summed E-state index contributed by atoms with van der Waals surface area (Å²) in [5.74, 6) is 0.109. The second kappa shape index (κ2) is 8.64. The summed E-state index contributed by atoms with van der Waals surface area (Å²) < 4.78 is 23.3. The average molecular weight is 407 g/mol. The van der Waals surface area contributed by atoms with Crippen LogP contribution in [0.25, 0.3) is 0 Å². The van der Waals surface area contributed by atoms with Crippen LogP contribution in [0.2, 0.25) is 0 Å². The molecule has 2 aliphatic rings. The third-order valence-electron chi connectivity index (χ3n) is 5.59. The summed E-state index contributed by atoms with van der Waals surface area (Å²) in [5.41, 5.74) is 1.50. The molecular formula is C21H30N2O4S. The van der Waals surface area contributed by atoms with E-state index in [1.165, 1.54) is 6.26 Å². The van der Waals surface area contributed by atoms with Crippen molar-refractivity contribution in [2.24, 2.45) is 5.92 Å². The first-order chi connectivity index (χ1) is 13.2. The molecule has 0 heterocycles. The Morgan fingerprint density at radius 2 is 1.71 bits per heavy atom. The zero-order valence-electron chi connectivity index (χ0n) is 16.7. The van der Waals surface area contributed by atoms with Crippen LogP contribution in [0.5, 0.6) is 0 Å². The summed E-state index contributed by atoms with van der Waals surface area (Å²) in [6, 6.07) is 7.03. The lowest BCUT2D eigenvalue weighted by atomic mass is 10.1. The minimum Gasteiger partial charge on any atom is -0.352 e. The van der Waals surface area contributed by atoms with Crippen molar-refractivity contribution < 1.29 is 18.0 Å². The summed E-state index contributed by atoms with van der Waals surface area (Å²) in [6.45, 7) is 2.25. The van der Waals surface area contributed by atoms with Gasteiger partial charge in [-0.05, 0) is 50.3 Å². The molecule has 2 saturated carbocycles. The Morgan fingerprint density at radius 3 is 2.25 bits per heavy atom. The molecular weight excluding hydrogens is 376 g/mol. The minimum absolute atomic E-state index is 0.0273. The van der Waals surface area contributed by atoms with E-state index >= 15 is 0 Å². The van der Waals surface area contributed by atoms with Crippen LogP contribution >= 0.6 is 0 Å². The van der Waals surface area contributed by atoms with Gasteiger partial charge >= 0.3 is 0 Å². The quantitative estimate of drug-likeness (QED) is 0.719. The molecule has 1 N–H and O–H groups in total. The molecule has 0 spiro atoms. The fourth-order valence-electron chi connectivity index (χ4n) is 4.03. The Labute approximate surface area is 167 Å². The van der Waals surface area contributed by atoms with Crippen LogP contribution in [0.15, 0.2) is 24.3 Å². The molecule has 7 heteroatoms. The maximum absolute atomic E-state index is 13.0. The summed E-state index contributed by atoms with van der Waals surface area (Å²) in [4.78, 5) is 26.8. The van der Waals surface area contributed by atoms with Crippen LogP contribution < -0.4 is 5.32 Å². The summed E-state index contributed by atoms with van der Waals surface area (Å²) in [5, 5.41) is 2.98. The number of carbonyl (C=O) groups is 2. The Morgan fingerprint density at radius 1 is 1.11 bits per heavy atom. The second-order valence-electron chi connectivity index (χ2n) is 8.28. The molecule has 0 aromatic heterocycles. The van der Waals surface area contributed by atoms with Crippen molar-refractivity contribution in [2.75, 3.05) is 12.0 Å². The van der Waals surface area contributed by atoms with Gasteiger partial charge in [0.25, 0.3) is 5.91 Å². The van der Waals surface area contributed by atoms with Crippen LogP contribution in [-0.4, -0.2) is 49.2 Å². The Hall–Kier alpha value is -1.89. The Balaban J connectivity index is 1.61. The van der Waals surface area contributed by atoms with Crippen molar-refractivity contribution in [3.63, 3.8) is 0 Å². The molecule has 154 valence electrons. The maximum atomic E-state index is 13.0. The van der Waals surface area contributed by atoms with Gasteiger partial charge in [0.05, 0.1) is 5.75 Å². The predicted octanol–water partition coefficient (Wildman–Crippen LogP) is 2.53. The zero-order valence-corrected chi connectivity index (χ0v) is 17.5. The summed E-state index contributed by atoms with van der Waals surface area (Å²) in [6.07, 6.45) is 7.25. The topological polar surface area (TPSA) is 83.6 Å². The van der Waals surface area contributed by atoms with Crippen LogP contribution in [0.3, 0.4) is 0 Å². The van der Waals surface area contributed by atoms with Gasteiger partial charge in [-0.1, -0.05) is 25.0 Å². The SMILES string of the molecule is CC(CS(C)(=O)=O)N(C(=O)c1ccc(CNC(=O)C2CCCC2)cc1)C1CC1. The van der Waals surface area contributed by atoms with Gasteiger partial charge in [0.15, 0.2) is 0 Å². The van der Waals surface area contributed by atoms with Crippen molar-refractivity contribution in [3.8, 4) is 0 Å². The van der Waals surface area contributed by atoms with E-state index in [9.17, 15) is 18.0 Å². The highest BCUT2D eigenvalue weighted by Crippen LogP contribution is 2.30. The molecule has 0 saturated heterocycles. The number of sulfone groups is 1. The van der Waals surface area contributed by atoms with E-state index < -0.39 is 9.84 Å². The number of rotatable bonds is 8. The van der Waals surface area contributed by atoms with Gasteiger partial charge in [0, 0.05) is 36.4 Å². The third kappa shape index (κ3) is 5.56. The average Bonchev–Trinajstić information content (AvgIpc) is 3.30. The third-order valence-corrected chi connectivity index (χ3v) is 6.68. The van der Waals surface area contributed by atoms with Crippen molar-refractivity contribution >= 4 is 21.7 Å². The number of amides is 2. The molecule has 0 radical (unpaired) electrons. The summed E-state index contributed by atoms with van der Waals surface area (Å²) in [7, 11) is -3.15. The van der Waals surface area contributed by atoms with E-state index in [1.807, 2.05) is 12.1 Å². The predicted molar refractivity (Wildman–Crippen MR) is 109 cm³/mol. The molecule has 1 aromatic carbocycles. The van der Waals surface area contributed by atoms with Gasteiger partial charge in [0.1, 0.15) is 9.84 Å².